The molecule has 0 unspecified atom stereocenters. The highest BCUT2D eigenvalue weighted by molar-refractivity contribution is 6.02. The summed E-state index contributed by atoms with van der Waals surface area (Å²) >= 11 is 0. The first-order valence-electron chi connectivity index (χ1n) is 8.22. The molecule has 0 bridgehead atoms. The number of amidine groups is 1. The van der Waals surface area contributed by atoms with Crippen molar-refractivity contribution in [3.8, 4) is 0 Å². The van der Waals surface area contributed by atoms with Crippen LogP contribution in [0.2, 0.25) is 0 Å². The molecule has 2 rings (SSSR count). The van der Waals surface area contributed by atoms with Crippen LogP contribution < -0.4 is 22.1 Å². The van der Waals surface area contributed by atoms with Gasteiger partial charge in [-0.05, 0) is 12.5 Å². The van der Waals surface area contributed by atoms with Crippen LogP contribution in [0.25, 0.3) is 0 Å². The number of carbonyl (C=O) groups excluding carboxylic acids is 1. The van der Waals surface area contributed by atoms with Crippen LogP contribution in [0.4, 0.5) is 16.3 Å². The van der Waals surface area contributed by atoms with Crippen molar-refractivity contribution in [1.82, 2.24) is 10.3 Å². The third kappa shape index (κ3) is 5.18. The molecule has 0 fully saturated rings. The molecule has 2 amide bonds. The molecule has 6 N–H and O–H groups in total. The van der Waals surface area contributed by atoms with Gasteiger partial charge in [0.25, 0.3) is 0 Å². The molecule has 1 atom stereocenters. The van der Waals surface area contributed by atoms with Gasteiger partial charge in [0, 0.05) is 31.6 Å². The van der Waals surface area contributed by atoms with E-state index in [9.17, 15) is 4.79 Å². The first kappa shape index (κ1) is 19.2. The van der Waals surface area contributed by atoms with Crippen LogP contribution in [-0.2, 0) is 4.74 Å². The Morgan fingerprint density at radius 1 is 1.35 bits per heavy atom. The molecule has 2 aromatic rings. The number of carbonyl (C=O) groups is 1. The maximum atomic E-state index is 12.3. The second kappa shape index (κ2) is 9.38. The quantitative estimate of drug-likeness (QED) is 0.445. The number of rotatable bonds is 7. The number of hydrogen-bond acceptors (Lipinski definition) is 5. The first-order valence-corrected chi connectivity index (χ1v) is 8.22. The van der Waals surface area contributed by atoms with Crippen molar-refractivity contribution in [3.63, 3.8) is 0 Å². The molecule has 0 aliphatic heterocycles. The van der Waals surface area contributed by atoms with Crippen molar-refractivity contribution in [2.24, 2.45) is 10.7 Å². The number of aliphatic imine (C=N–C) groups is 1. The molecule has 1 aromatic heterocycles. The highest BCUT2D eigenvalue weighted by Gasteiger charge is 2.15. The topological polar surface area (TPSA) is 128 Å². The van der Waals surface area contributed by atoms with Gasteiger partial charge in [-0.1, -0.05) is 30.3 Å². The Labute approximate surface area is 152 Å². The number of nitrogens with zero attached hydrogens (tertiary/aromatic N) is 2. The second-order valence-electron chi connectivity index (χ2n) is 5.53. The smallest absolute Gasteiger partial charge is 0.320 e. The average molecular weight is 356 g/mol. The van der Waals surface area contributed by atoms with E-state index in [1.165, 1.54) is 6.20 Å². The van der Waals surface area contributed by atoms with Gasteiger partial charge >= 0.3 is 6.03 Å². The maximum Gasteiger partial charge on any atom is 0.320 e. The van der Waals surface area contributed by atoms with Crippen molar-refractivity contribution in [3.05, 3.63) is 53.7 Å². The number of nitrogens with one attached hydrogen (secondary N) is 2. The van der Waals surface area contributed by atoms with E-state index in [1.807, 2.05) is 37.3 Å². The standard InChI is InChI=1S/C18H24N6O2/c1-3-21-17(20)13-10-22-16(9-14(13)19)24-18(25)23-15(11-26-2)12-7-5-4-6-8-12/h4-10,15H,3,11H2,1-2H3,(H2,20,21)(H4,19,22,23,24,25)/t15-/m1/s1. The van der Waals surface area contributed by atoms with E-state index in [4.69, 9.17) is 16.2 Å². The van der Waals surface area contributed by atoms with Crippen LogP contribution in [0.15, 0.2) is 47.6 Å². The maximum absolute atomic E-state index is 12.3. The molecule has 8 heteroatoms. The van der Waals surface area contributed by atoms with Crippen LogP contribution in [0.1, 0.15) is 24.1 Å². The zero-order chi connectivity index (χ0) is 18.9. The number of methoxy groups -OCH3 is 1. The number of ether oxygens (including phenoxy) is 1. The number of pyridine rings is 1. The lowest BCUT2D eigenvalue weighted by molar-refractivity contribution is 0.168. The number of aromatic nitrogens is 1. The molecule has 0 radical (unpaired) electrons. The summed E-state index contributed by atoms with van der Waals surface area (Å²) in [4.78, 5) is 20.6. The molecule has 0 spiro atoms. The predicted octanol–water partition coefficient (Wildman–Crippen LogP) is 1.90. The average Bonchev–Trinajstić information content (AvgIpc) is 2.62. The number of nitrogen functional groups attached to an aromatic ring is 1. The second-order valence-corrected chi connectivity index (χ2v) is 5.53. The molecule has 0 saturated carbocycles. The third-order valence-corrected chi connectivity index (χ3v) is 3.62. The predicted molar refractivity (Wildman–Crippen MR) is 103 cm³/mol. The van der Waals surface area contributed by atoms with Crippen LogP contribution >= 0.6 is 0 Å². The monoisotopic (exact) mass is 356 g/mol. The summed E-state index contributed by atoms with van der Waals surface area (Å²) in [5, 5.41) is 5.52. The number of anilines is 2. The Morgan fingerprint density at radius 3 is 2.69 bits per heavy atom. The van der Waals surface area contributed by atoms with E-state index in [0.29, 0.717) is 36.1 Å². The van der Waals surface area contributed by atoms with Crippen LogP contribution in [0.3, 0.4) is 0 Å². The van der Waals surface area contributed by atoms with Gasteiger partial charge in [0.15, 0.2) is 0 Å². The van der Waals surface area contributed by atoms with Gasteiger partial charge in [0.2, 0.25) is 0 Å². The number of nitrogens with two attached hydrogens (primary N) is 2. The van der Waals surface area contributed by atoms with Gasteiger partial charge in [-0.3, -0.25) is 10.3 Å². The number of amides is 2. The Bertz CT molecular complexity index is 764. The van der Waals surface area contributed by atoms with E-state index in [1.54, 1.807) is 13.2 Å². The molecule has 26 heavy (non-hydrogen) atoms. The zero-order valence-electron chi connectivity index (χ0n) is 14.9. The summed E-state index contributed by atoms with van der Waals surface area (Å²) in [7, 11) is 1.58. The van der Waals surface area contributed by atoms with Crippen LogP contribution in [-0.4, -0.2) is 37.1 Å². The van der Waals surface area contributed by atoms with E-state index in [0.717, 1.165) is 5.56 Å². The summed E-state index contributed by atoms with van der Waals surface area (Å²) < 4.78 is 5.19. The van der Waals surface area contributed by atoms with E-state index in [-0.39, 0.29) is 6.04 Å². The van der Waals surface area contributed by atoms with Gasteiger partial charge < -0.3 is 21.5 Å². The minimum atomic E-state index is -0.411. The molecule has 0 aliphatic carbocycles. The number of urea groups is 1. The molecule has 0 saturated heterocycles. The molecule has 1 heterocycles. The fourth-order valence-corrected chi connectivity index (χ4v) is 2.39. The van der Waals surface area contributed by atoms with Crippen molar-refractivity contribution >= 4 is 23.4 Å². The molecule has 1 aromatic carbocycles. The van der Waals surface area contributed by atoms with Gasteiger partial charge in [-0.2, -0.15) is 0 Å². The number of hydrogen-bond donors (Lipinski definition) is 4. The summed E-state index contributed by atoms with van der Waals surface area (Å²) in [6.07, 6.45) is 1.49. The fourth-order valence-electron chi connectivity index (χ4n) is 2.39. The summed E-state index contributed by atoms with van der Waals surface area (Å²) in [5.41, 5.74) is 13.7. The minimum Gasteiger partial charge on any atom is -0.398 e. The molecular weight excluding hydrogens is 332 g/mol. The van der Waals surface area contributed by atoms with Crippen LogP contribution in [0, 0.1) is 0 Å². The summed E-state index contributed by atoms with van der Waals surface area (Å²) in [6.45, 7) is 2.77. The Morgan fingerprint density at radius 2 is 2.08 bits per heavy atom. The Balaban J connectivity index is 2.07. The number of benzene rings is 1. The van der Waals surface area contributed by atoms with Crippen molar-refractivity contribution < 1.29 is 9.53 Å². The summed E-state index contributed by atoms with van der Waals surface area (Å²) in [6, 6.07) is 10.4. The minimum absolute atomic E-state index is 0.287. The van der Waals surface area contributed by atoms with E-state index >= 15 is 0 Å². The third-order valence-electron chi connectivity index (χ3n) is 3.62. The molecular formula is C18H24N6O2. The normalized spacial score (nSPS) is 12.5. The van der Waals surface area contributed by atoms with Crippen molar-refractivity contribution in [2.45, 2.75) is 13.0 Å². The van der Waals surface area contributed by atoms with Crippen molar-refractivity contribution in [1.29, 1.82) is 0 Å². The summed E-state index contributed by atoms with van der Waals surface area (Å²) in [5.74, 6) is 0.634. The highest BCUT2D eigenvalue weighted by atomic mass is 16.5. The Hall–Kier alpha value is -3.13. The van der Waals surface area contributed by atoms with Crippen molar-refractivity contribution in [2.75, 3.05) is 31.3 Å². The fraction of sp³-hybridized carbons (Fsp3) is 0.278. The van der Waals surface area contributed by atoms with Gasteiger partial charge in [-0.15, -0.1) is 0 Å². The van der Waals surface area contributed by atoms with Gasteiger partial charge in [0.1, 0.15) is 11.7 Å². The van der Waals surface area contributed by atoms with E-state index < -0.39 is 6.03 Å². The molecule has 8 nitrogen and oxygen atoms in total. The molecule has 138 valence electrons. The lowest BCUT2D eigenvalue weighted by atomic mass is 10.1. The van der Waals surface area contributed by atoms with E-state index in [2.05, 4.69) is 20.6 Å². The highest BCUT2D eigenvalue weighted by Crippen LogP contribution is 2.16. The van der Waals surface area contributed by atoms with Gasteiger partial charge in [-0.25, -0.2) is 9.78 Å². The SMILES string of the molecule is CCN=C(N)c1cnc(NC(=O)N[C@H](COC)c2ccccc2)cc1N. The largest absolute Gasteiger partial charge is 0.398 e. The van der Waals surface area contributed by atoms with Crippen LogP contribution in [0.5, 0.6) is 0 Å². The zero-order valence-corrected chi connectivity index (χ0v) is 14.9. The first-order chi connectivity index (χ1) is 12.5. The Kier molecular flexibility index (Phi) is 6.92. The molecule has 0 aliphatic rings. The lowest BCUT2D eigenvalue weighted by Gasteiger charge is -2.18. The lowest BCUT2D eigenvalue weighted by Crippen LogP contribution is -2.35. The van der Waals surface area contributed by atoms with Gasteiger partial charge in [0.05, 0.1) is 18.2 Å².